The highest BCUT2D eigenvalue weighted by Gasteiger charge is 2.36. The molecule has 0 aliphatic heterocycles. The summed E-state index contributed by atoms with van der Waals surface area (Å²) in [5.41, 5.74) is -2.11. The van der Waals surface area contributed by atoms with E-state index in [1.54, 1.807) is 0 Å². The minimum atomic E-state index is -1.49. The number of carboxylic acid groups (broad SMARTS) is 1. The molecule has 0 spiro atoms. The summed E-state index contributed by atoms with van der Waals surface area (Å²) < 4.78 is 1.34. The molecule has 28 heavy (non-hydrogen) atoms. The lowest BCUT2D eigenvalue weighted by molar-refractivity contribution is -0.147. The van der Waals surface area contributed by atoms with Gasteiger partial charge in [0.1, 0.15) is 5.54 Å². The number of H-pyrrole nitrogens is 1. The van der Waals surface area contributed by atoms with E-state index >= 15 is 0 Å². The number of aromatic nitrogens is 3. The Morgan fingerprint density at radius 1 is 1.32 bits per heavy atom. The first kappa shape index (κ1) is 21.3. The zero-order chi connectivity index (χ0) is 21.4. The van der Waals surface area contributed by atoms with Crippen molar-refractivity contribution in [3.63, 3.8) is 0 Å². The van der Waals surface area contributed by atoms with Crippen molar-refractivity contribution in [3.8, 4) is 0 Å². The SMILES string of the molecule is CCCn1c(=O)[nH]c(=O)c2c(C(=O)N(C)C(C)(C)C(=O)O)cc(C(C)C)nc21. The number of carboxylic acids is 1. The third kappa shape index (κ3) is 3.56. The quantitative estimate of drug-likeness (QED) is 0.771. The first-order valence-corrected chi connectivity index (χ1v) is 9.12. The predicted octanol–water partition coefficient (Wildman–Crippen LogP) is 1.55. The van der Waals surface area contributed by atoms with Crippen molar-refractivity contribution in [1.82, 2.24) is 19.4 Å². The van der Waals surface area contributed by atoms with Crippen molar-refractivity contribution in [1.29, 1.82) is 0 Å². The molecule has 2 N–H and O–H groups in total. The molecule has 2 aromatic heterocycles. The average molecular weight is 390 g/mol. The van der Waals surface area contributed by atoms with Crippen molar-refractivity contribution in [2.24, 2.45) is 0 Å². The largest absolute Gasteiger partial charge is 0.480 e. The molecule has 0 fully saturated rings. The molecule has 0 saturated heterocycles. The maximum Gasteiger partial charge on any atom is 0.329 e. The van der Waals surface area contributed by atoms with E-state index in [9.17, 15) is 24.3 Å². The number of hydrogen-bond acceptors (Lipinski definition) is 5. The van der Waals surface area contributed by atoms with Crippen LogP contribution >= 0.6 is 0 Å². The number of aromatic amines is 1. The van der Waals surface area contributed by atoms with Crippen LogP contribution in [-0.2, 0) is 11.3 Å². The van der Waals surface area contributed by atoms with Crippen LogP contribution in [0.25, 0.3) is 11.0 Å². The average Bonchev–Trinajstić information content (AvgIpc) is 2.62. The Morgan fingerprint density at radius 2 is 1.93 bits per heavy atom. The van der Waals surface area contributed by atoms with Crippen molar-refractivity contribution >= 4 is 22.9 Å². The molecule has 0 aliphatic rings. The molecule has 0 unspecified atom stereocenters. The van der Waals surface area contributed by atoms with Gasteiger partial charge in [-0.2, -0.15) is 0 Å². The first-order chi connectivity index (χ1) is 12.9. The number of nitrogens with zero attached hydrogens (tertiary/aromatic N) is 3. The Kier molecular flexibility index (Phi) is 5.77. The molecular weight excluding hydrogens is 364 g/mol. The molecule has 9 heteroatoms. The summed E-state index contributed by atoms with van der Waals surface area (Å²) in [6.45, 7) is 8.76. The van der Waals surface area contributed by atoms with Crippen molar-refractivity contribution in [2.75, 3.05) is 7.05 Å². The molecule has 2 aromatic rings. The van der Waals surface area contributed by atoms with Crippen LogP contribution in [0.3, 0.4) is 0 Å². The zero-order valence-electron chi connectivity index (χ0n) is 17.0. The molecule has 2 heterocycles. The standard InChI is InChI=1S/C19H26N4O5/c1-7-8-23-14-13(15(24)21-18(23)28)11(9-12(20-14)10(2)3)16(25)22(6)19(4,5)17(26)27/h9-10H,7-8H2,1-6H3,(H,26,27)(H,21,24,28). The number of amides is 1. The second-order valence-electron chi connectivity index (χ2n) is 7.59. The fraction of sp³-hybridized carbons (Fsp3) is 0.526. The monoisotopic (exact) mass is 390 g/mol. The number of carbonyl (C=O) groups excluding carboxylic acids is 1. The Bertz CT molecular complexity index is 1050. The fourth-order valence-electron chi connectivity index (χ4n) is 2.77. The normalized spacial score (nSPS) is 11.8. The highest BCUT2D eigenvalue weighted by Crippen LogP contribution is 2.23. The number of likely N-dealkylation sites (N-methyl/N-ethyl adjacent to an activating group) is 1. The van der Waals surface area contributed by atoms with Gasteiger partial charge in [-0.05, 0) is 32.3 Å². The molecule has 1 amide bonds. The van der Waals surface area contributed by atoms with Crippen LogP contribution in [0.2, 0.25) is 0 Å². The van der Waals surface area contributed by atoms with Gasteiger partial charge in [0, 0.05) is 19.3 Å². The molecule has 152 valence electrons. The highest BCUT2D eigenvalue weighted by atomic mass is 16.4. The zero-order valence-corrected chi connectivity index (χ0v) is 17.0. The minimum Gasteiger partial charge on any atom is -0.480 e. The van der Waals surface area contributed by atoms with Gasteiger partial charge in [0.15, 0.2) is 5.65 Å². The third-order valence-corrected chi connectivity index (χ3v) is 4.90. The molecule has 0 radical (unpaired) electrons. The van der Waals surface area contributed by atoms with Gasteiger partial charge in [0.05, 0.1) is 10.9 Å². The van der Waals surface area contributed by atoms with E-state index in [0.29, 0.717) is 18.7 Å². The number of aliphatic carboxylic acids is 1. The summed E-state index contributed by atoms with van der Waals surface area (Å²) in [6, 6.07) is 1.50. The van der Waals surface area contributed by atoms with Crippen molar-refractivity contribution < 1.29 is 14.7 Å². The van der Waals surface area contributed by atoms with Gasteiger partial charge in [-0.15, -0.1) is 0 Å². The number of fused-ring (bicyclic) bond motifs is 1. The fourth-order valence-corrected chi connectivity index (χ4v) is 2.77. The predicted molar refractivity (Wildman–Crippen MR) is 105 cm³/mol. The van der Waals surface area contributed by atoms with Gasteiger partial charge >= 0.3 is 11.7 Å². The molecule has 0 saturated carbocycles. The second-order valence-corrected chi connectivity index (χ2v) is 7.59. The summed E-state index contributed by atoms with van der Waals surface area (Å²) >= 11 is 0. The van der Waals surface area contributed by atoms with E-state index in [1.807, 2.05) is 20.8 Å². The molecule has 0 atom stereocenters. The summed E-state index contributed by atoms with van der Waals surface area (Å²) in [4.78, 5) is 57.4. The van der Waals surface area contributed by atoms with Crippen LogP contribution in [0.5, 0.6) is 0 Å². The maximum absolute atomic E-state index is 13.2. The molecule has 0 bridgehead atoms. The molecule has 0 aromatic carbocycles. The summed E-state index contributed by atoms with van der Waals surface area (Å²) in [6.07, 6.45) is 0.629. The molecular formula is C19H26N4O5. The lowest BCUT2D eigenvalue weighted by Crippen LogP contribution is -2.51. The Hall–Kier alpha value is -2.97. The van der Waals surface area contributed by atoms with Crippen LogP contribution in [-0.4, -0.2) is 49.0 Å². The van der Waals surface area contributed by atoms with E-state index in [1.165, 1.54) is 31.5 Å². The lowest BCUT2D eigenvalue weighted by atomic mass is 10.00. The summed E-state index contributed by atoms with van der Waals surface area (Å²) in [5.74, 6) is -1.88. The minimum absolute atomic E-state index is 0.0181. The first-order valence-electron chi connectivity index (χ1n) is 9.12. The number of pyridine rings is 1. The maximum atomic E-state index is 13.2. The lowest BCUT2D eigenvalue weighted by Gasteiger charge is -2.32. The Morgan fingerprint density at radius 3 is 2.43 bits per heavy atom. The number of aryl methyl sites for hydroxylation is 1. The van der Waals surface area contributed by atoms with E-state index < -0.39 is 28.7 Å². The third-order valence-electron chi connectivity index (χ3n) is 4.90. The van der Waals surface area contributed by atoms with Gasteiger partial charge in [-0.1, -0.05) is 20.8 Å². The molecule has 2 rings (SSSR count). The van der Waals surface area contributed by atoms with Crippen molar-refractivity contribution in [3.05, 3.63) is 38.2 Å². The van der Waals surface area contributed by atoms with Gasteiger partial charge < -0.3 is 10.0 Å². The van der Waals surface area contributed by atoms with Gasteiger partial charge in [0.2, 0.25) is 0 Å². The number of nitrogens with one attached hydrogen (secondary N) is 1. The number of carbonyl (C=O) groups is 2. The Balaban J connectivity index is 2.90. The van der Waals surface area contributed by atoms with E-state index in [2.05, 4.69) is 9.97 Å². The van der Waals surface area contributed by atoms with Gasteiger partial charge in [-0.3, -0.25) is 19.1 Å². The Labute approximate surface area is 162 Å². The number of hydrogen-bond donors (Lipinski definition) is 2. The summed E-state index contributed by atoms with van der Waals surface area (Å²) in [7, 11) is 1.37. The van der Waals surface area contributed by atoms with Crippen LogP contribution in [0.1, 0.15) is 63.0 Å². The molecule has 0 aliphatic carbocycles. The van der Waals surface area contributed by atoms with Gasteiger partial charge in [-0.25, -0.2) is 14.6 Å². The van der Waals surface area contributed by atoms with Crippen LogP contribution in [0.15, 0.2) is 15.7 Å². The number of rotatable bonds is 6. The van der Waals surface area contributed by atoms with Crippen molar-refractivity contribution in [2.45, 2.75) is 59.0 Å². The highest BCUT2D eigenvalue weighted by molar-refractivity contribution is 6.06. The second kappa shape index (κ2) is 7.57. The van der Waals surface area contributed by atoms with E-state index in [-0.39, 0.29) is 22.5 Å². The van der Waals surface area contributed by atoms with Crippen LogP contribution in [0.4, 0.5) is 0 Å². The van der Waals surface area contributed by atoms with E-state index in [4.69, 9.17) is 0 Å². The van der Waals surface area contributed by atoms with Crippen LogP contribution in [0, 0.1) is 0 Å². The summed E-state index contributed by atoms with van der Waals surface area (Å²) in [5, 5.41) is 9.43. The topological polar surface area (TPSA) is 125 Å². The molecule has 9 nitrogen and oxygen atoms in total. The van der Waals surface area contributed by atoms with Gasteiger partial charge in [0.25, 0.3) is 11.5 Å². The van der Waals surface area contributed by atoms with E-state index in [0.717, 1.165) is 4.90 Å². The smallest absolute Gasteiger partial charge is 0.329 e. The van der Waals surface area contributed by atoms with Crippen LogP contribution < -0.4 is 11.2 Å².